The van der Waals surface area contributed by atoms with Crippen LogP contribution in [-0.4, -0.2) is 38.8 Å². The predicted octanol–water partition coefficient (Wildman–Crippen LogP) is 4.39. The lowest BCUT2D eigenvalue weighted by molar-refractivity contribution is -0.128. The van der Waals surface area contributed by atoms with Crippen molar-refractivity contribution in [3.05, 3.63) is 59.7 Å². The van der Waals surface area contributed by atoms with Gasteiger partial charge in [0.05, 0.1) is 5.69 Å². The van der Waals surface area contributed by atoms with Gasteiger partial charge in [0.15, 0.2) is 5.82 Å². The third kappa shape index (κ3) is 3.88. The van der Waals surface area contributed by atoms with Gasteiger partial charge < -0.3 is 4.90 Å². The van der Waals surface area contributed by atoms with Crippen LogP contribution in [0.3, 0.4) is 0 Å². The molecule has 0 N–H and O–H groups in total. The van der Waals surface area contributed by atoms with Gasteiger partial charge >= 0.3 is 0 Å². The molecule has 1 aliphatic heterocycles. The molecule has 28 heavy (non-hydrogen) atoms. The SMILES string of the molecule is C/C=C/c1cnc(-c2cccnc2)nc1C1CCN(C(=O)C2=CCCC2)CC1. The second kappa shape index (κ2) is 8.46. The van der Waals surface area contributed by atoms with Gasteiger partial charge in [-0.1, -0.05) is 18.2 Å². The molecule has 2 aliphatic rings. The van der Waals surface area contributed by atoms with Crippen LogP contribution in [0.4, 0.5) is 0 Å². The molecule has 1 aliphatic carbocycles. The third-order valence-electron chi connectivity index (χ3n) is 5.60. The largest absolute Gasteiger partial charge is 0.339 e. The second-order valence-electron chi connectivity index (χ2n) is 7.46. The van der Waals surface area contributed by atoms with Crippen molar-refractivity contribution in [2.24, 2.45) is 0 Å². The normalized spacial score (nSPS) is 17.9. The minimum Gasteiger partial charge on any atom is -0.339 e. The number of nitrogens with zero attached hydrogens (tertiary/aromatic N) is 4. The molecule has 0 unspecified atom stereocenters. The summed E-state index contributed by atoms with van der Waals surface area (Å²) < 4.78 is 0. The number of amides is 1. The topological polar surface area (TPSA) is 59.0 Å². The van der Waals surface area contributed by atoms with E-state index >= 15 is 0 Å². The molecule has 0 spiro atoms. The average Bonchev–Trinajstić information content (AvgIpc) is 3.29. The first-order chi connectivity index (χ1) is 13.8. The lowest BCUT2D eigenvalue weighted by atomic mass is 9.90. The summed E-state index contributed by atoms with van der Waals surface area (Å²) in [6, 6.07) is 3.89. The Morgan fingerprint density at radius 3 is 2.79 bits per heavy atom. The fourth-order valence-corrected chi connectivity index (χ4v) is 4.10. The Bertz CT molecular complexity index is 896. The van der Waals surface area contributed by atoms with Crippen molar-refractivity contribution in [2.75, 3.05) is 13.1 Å². The number of hydrogen-bond acceptors (Lipinski definition) is 4. The molecule has 0 atom stereocenters. The summed E-state index contributed by atoms with van der Waals surface area (Å²) in [6.07, 6.45) is 16.6. The highest BCUT2D eigenvalue weighted by atomic mass is 16.2. The molecule has 1 fully saturated rings. The van der Waals surface area contributed by atoms with Gasteiger partial charge in [0.25, 0.3) is 0 Å². The summed E-state index contributed by atoms with van der Waals surface area (Å²) in [5, 5.41) is 0. The maximum Gasteiger partial charge on any atom is 0.249 e. The van der Waals surface area contributed by atoms with Gasteiger partial charge in [-0.3, -0.25) is 9.78 Å². The first kappa shape index (κ1) is 18.5. The number of piperidine rings is 1. The number of likely N-dealkylation sites (tertiary alicyclic amines) is 1. The number of aromatic nitrogens is 3. The van der Waals surface area contributed by atoms with E-state index in [0.717, 1.165) is 67.6 Å². The minimum atomic E-state index is 0.239. The fourth-order valence-electron chi connectivity index (χ4n) is 4.10. The number of carbonyl (C=O) groups is 1. The summed E-state index contributed by atoms with van der Waals surface area (Å²) in [7, 11) is 0. The Balaban J connectivity index is 1.54. The van der Waals surface area contributed by atoms with Crippen molar-refractivity contribution in [1.82, 2.24) is 19.9 Å². The number of pyridine rings is 1. The fraction of sp³-hybridized carbons (Fsp3) is 0.391. The standard InChI is InChI=1S/C23H26N4O/c1-2-6-19-16-25-22(20-9-5-12-24-15-20)26-21(19)17-10-13-27(14-11-17)23(28)18-7-3-4-8-18/h2,5-7,9,12,15-17H,3-4,8,10-11,13-14H2,1H3/b6-2+. The van der Waals surface area contributed by atoms with E-state index in [-0.39, 0.29) is 5.91 Å². The molecular weight excluding hydrogens is 348 g/mol. The van der Waals surface area contributed by atoms with Gasteiger partial charge in [-0.2, -0.15) is 0 Å². The zero-order chi connectivity index (χ0) is 19.3. The van der Waals surface area contributed by atoms with Gasteiger partial charge in [-0.25, -0.2) is 9.97 Å². The van der Waals surface area contributed by atoms with E-state index in [0.29, 0.717) is 11.7 Å². The molecular formula is C23H26N4O. The summed E-state index contributed by atoms with van der Waals surface area (Å²) in [4.78, 5) is 28.3. The Morgan fingerprint density at radius 1 is 1.25 bits per heavy atom. The molecule has 2 aromatic heterocycles. The minimum absolute atomic E-state index is 0.239. The molecule has 1 saturated heterocycles. The maximum atomic E-state index is 12.7. The van der Waals surface area contributed by atoms with Crippen molar-refractivity contribution >= 4 is 12.0 Å². The monoisotopic (exact) mass is 374 g/mol. The summed E-state index contributed by atoms with van der Waals surface area (Å²) in [6.45, 7) is 3.60. The lowest BCUT2D eigenvalue weighted by Gasteiger charge is -2.32. The van der Waals surface area contributed by atoms with E-state index in [1.807, 2.05) is 36.2 Å². The Morgan fingerprint density at radius 2 is 2.11 bits per heavy atom. The van der Waals surface area contributed by atoms with Crippen molar-refractivity contribution in [3.63, 3.8) is 0 Å². The van der Waals surface area contributed by atoms with E-state index < -0.39 is 0 Å². The van der Waals surface area contributed by atoms with Crippen LogP contribution in [0.1, 0.15) is 56.2 Å². The Kier molecular flexibility index (Phi) is 5.60. The van der Waals surface area contributed by atoms with Gasteiger partial charge in [-0.15, -0.1) is 0 Å². The average molecular weight is 374 g/mol. The number of allylic oxidation sites excluding steroid dienone is 2. The van der Waals surface area contributed by atoms with Gasteiger partial charge in [-0.05, 0) is 51.2 Å². The van der Waals surface area contributed by atoms with Gasteiger partial charge in [0.2, 0.25) is 5.91 Å². The van der Waals surface area contributed by atoms with Crippen LogP contribution in [-0.2, 0) is 4.79 Å². The molecule has 0 aromatic carbocycles. The Labute approximate surface area is 166 Å². The van der Waals surface area contributed by atoms with Crippen LogP contribution in [0.2, 0.25) is 0 Å². The van der Waals surface area contributed by atoms with Crippen molar-refractivity contribution in [1.29, 1.82) is 0 Å². The predicted molar refractivity (Wildman–Crippen MR) is 110 cm³/mol. The molecule has 0 radical (unpaired) electrons. The van der Waals surface area contributed by atoms with E-state index in [4.69, 9.17) is 4.98 Å². The van der Waals surface area contributed by atoms with Gasteiger partial charge in [0, 0.05) is 54.3 Å². The van der Waals surface area contributed by atoms with Crippen LogP contribution >= 0.6 is 0 Å². The first-order valence-electron chi connectivity index (χ1n) is 10.1. The molecule has 5 nitrogen and oxygen atoms in total. The summed E-state index contributed by atoms with van der Waals surface area (Å²) in [5.41, 5.74) is 4.09. The number of hydrogen-bond donors (Lipinski definition) is 0. The zero-order valence-corrected chi connectivity index (χ0v) is 16.3. The molecule has 3 heterocycles. The van der Waals surface area contributed by atoms with E-state index in [9.17, 15) is 4.79 Å². The van der Waals surface area contributed by atoms with E-state index in [1.54, 1.807) is 12.4 Å². The smallest absolute Gasteiger partial charge is 0.249 e. The summed E-state index contributed by atoms with van der Waals surface area (Å²) >= 11 is 0. The second-order valence-corrected chi connectivity index (χ2v) is 7.46. The highest BCUT2D eigenvalue weighted by Crippen LogP contribution is 2.32. The first-order valence-corrected chi connectivity index (χ1v) is 10.1. The highest BCUT2D eigenvalue weighted by molar-refractivity contribution is 5.93. The number of carbonyl (C=O) groups excluding carboxylic acids is 1. The molecule has 2 aromatic rings. The molecule has 1 amide bonds. The van der Waals surface area contributed by atoms with Gasteiger partial charge in [0.1, 0.15) is 0 Å². The number of rotatable bonds is 4. The van der Waals surface area contributed by atoms with Crippen LogP contribution in [0.5, 0.6) is 0 Å². The lowest BCUT2D eigenvalue weighted by Crippen LogP contribution is -2.38. The van der Waals surface area contributed by atoms with Crippen molar-refractivity contribution < 1.29 is 4.79 Å². The quantitative estimate of drug-likeness (QED) is 0.796. The van der Waals surface area contributed by atoms with Crippen LogP contribution in [0.25, 0.3) is 17.5 Å². The van der Waals surface area contributed by atoms with Crippen molar-refractivity contribution in [2.45, 2.75) is 44.9 Å². The molecule has 0 saturated carbocycles. The van der Waals surface area contributed by atoms with Crippen molar-refractivity contribution in [3.8, 4) is 11.4 Å². The van der Waals surface area contributed by atoms with E-state index in [1.165, 1.54) is 0 Å². The Hall–Kier alpha value is -2.82. The molecule has 144 valence electrons. The van der Waals surface area contributed by atoms with Crippen LogP contribution < -0.4 is 0 Å². The highest BCUT2D eigenvalue weighted by Gasteiger charge is 2.28. The molecule has 4 rings (SSSR count). The summed E-state index contributed by atoms with van der Waals surface area (Å²) in [5.74, 6) is 1.29. The molecule has 5 heteroatoms. The zero-order valence-electron chi connectivity index (χ0n) is 16.3. The molecule has 0 bridgehead atoms. The maximum absolute atomic E-state index is 12.7. The van der Waals surface area contributed by atoms with Crippen LogP contribution in [0, 0.1) is 0 Å². The van der Waals surface area contributed by atoms with Crippen LogP contribution in [0.15, 0.2) is 48.4 Å². The van der Waals surface area contributed by atoms with E-state index in [2.05, 4.69) is 22.1 Å². The third-order valence-corrected chi connectivity index (χ3v) is 5.60.